The normalized spacial score (nSPS) is 11.4. The molecule has 0 unspecified atom stereocenters. The van der Waals surface area contributed by atoms with E-state index < -0.39 is 0 Å². The van der Waals surface area contributed by atoms with Gasteiger partial charge in [0.05, 0.1) is 0 Å². The maximum absolute atomic E-state index is 3.74. The third kappa shape index (κ3) is 2.89. The van der Waals surface area contributed by atoms with Crippen LogP contribution in [0.15, 0.2) is 51.4 Å². The van der Waals surface area contributed by atoms with Crippen LogP contribution >= 0.6 is 31.9 Å². The van der Waals surface area contributed by atoms with Crippen LogP contribution in [0, 0.1) is 0 Å². The second-order valence-electron chi connectivity index (χ2n) is 5.49. The number of halogens is 2. The van der Waals surface area contributed by atoms with Crippen LogP contribution < -0.4 is 0 Å². The van der Waals surface area contributed by atoms with E-state index in [0.29, 0.717) is 0 Å². The van der Waals surface area contributed by atoms with E-state index in [1.807, 2.05) is 0 Å². The lowest BCUT2D eigenvalue weighted by Gasteiger charge is -2.13. The first-order valence-corrected chi connectivity index (χ1v) is 9.09. The van der Waals surface area contributed by atoms with Crippen molar-refractivity contribution in [2.75, 3.05) is 0 Å². The summed E-state index contributed by atoms with van der Waals surface area (Å²) in [4.78, 5) is 0. The smallest absolute Gasteiger partial charge is 0.0396 e. The van der Waals surface area contributed by atoms with E-state index in [9.17, 15) is 0 Å². The molecule has 0 bridgehead atoms. The summed E-state index contributed by atoms with van der Waals surface area (Å²) in [5.74, 6) is 0. The Morgan fingerprint density at radius 1 is 0.857 bits per heavy atom. The molecule has 3 aromatic rings. The minimum absolute atomic E-state index is 1.12. The quantitative estimate of drug-likeness (QED) is 0.316. The average molecular weight is 406 g/mol. The van der Waals surface area contributed by atoms with Crippen molar-refractivity contribution in [3.63, 3.8) is 0 Å². The van der Waals surface area contributed by atoms with E-state index in [1.165, 1.54) is 46.4 Å². The fraction of sp³-hybridized carbons (Fsp3) is 0.263. The highest BCUT2D eigenvalue weighted by Gasteiger charge is 2.11. The van der Waals surface area contributed by atoms with Crippen LogP contribution in [-0.2, 0) is 6.42 Å². The lowest BCUT2D eigenvalue weighted by molar-refractivity contribution is 0.721. The molecule has 0 radical (unpaired) electrons. The molecule has 0 aliphatic rings. The van der Waals surface area contributed by atoms with Crippen LogP contribution in [0.5, 0.6) is 0 Å². The maximum Gasteiger partial charge on any atom is 0.0396 e. The van der Waals surface area contributed by atoms with Gasteiger partial charge in [-0.2, -0.15) is 0 Å². The summed E-state index contributed by atoms with van der Waals surface area (Å²) in [6.45, 7) is 2.26. The van der Waals surface area contributed by atoms with Gasteiger partial charge >= 0.3 is 0 Å². The fourth-order valence-corrected chi connectivity index (χ4v) is 3.80. The summed E-state index contributed by atoms with van der Waals surface area (Å²) >= 11 is 7.36. The van der Waals surface area contributed by atoms with Crippen LogP contribution in [0.1, 0.15) is 31.7 Å². The number of hydrogen-bond acceptors (Lipinski definition) is 0. The van der Waals surface area contributed by atoms with Crippen molar-refractivity contribution in [3.05, 3.63) is 57.0 Å². The molecule has 108 valence electrons. The Hall–Kier alpha value is -0.860. The summed E-state index contributed by atoms with van der Waals surface area (Å²) in [5.41, 5.74) is 1.49. The van der Waals surface area contributed by atoms with Gasteiger partial charge in [0.25, 0.3) is 0 Å². The van der Waals surface area contributed by atoms with Crippen molar-refractivity contribution >= 4 is 53.4 Å². The van der Waals surface area contributed by atoms with Crippen LogP contribution in [0.4, 0.5) is 0 Å². The minimum Gasteiger partial charge on any atom is -0.0654 e. The summed E-state index contributed by atoms with van der Waals surface area (Å²) < 4.78 is 2.27. The van der Waals surface area contributed by atoms with Crippen LogP contribution in [0.2, 0.25) is 0 Å². The van der Waals surface area contributed by atoms with Gasteiger partial charge in [-0.15, -0.1) is 0 Å². The number of aryl methyl sites for hydroxylation is 1. The van der Waals surface area contributed by atoms with Crippen molar-refractivity contribution in [2.45, 2.75) is 32.6 Å². The maximum atomic E-state index is 3.74. The van der Waals surface area contributed by atoms with Gasteiger partial charge < -0.3 is 0 Å². The zero-order valence-corrected chi connectivity index (χ0v) is 15.3. The molecule has 0 saturated carbocycles. The van der Waals surface area contributed by atoms with Crippen molar-refractivity contribution in [2.24, 2.45) is 0 Å². The number of unbranched alkanes of at least 4 members (excludes halogenated alkanes) is 2. The number of hydrogen-bond donors (Lipinski definition) is 0. The molecular weight excluding hydrogens is 388 g/mol. The van der Waals surface area contributed by atoms with Crippen molar-refractivity contribution < 1.29 is 0 Å². The third-order valence-corrected chi connectivity index (χ3v) is 6.12. The molecule has 0 aliphatic heterocycles. The summed E-state index contributed by atoms with van der Waals surface area (Å²) in [6, 6.07) is 15.4. The fourth-order valence-electron chi connectivity index (χ4n) is 2.99. The first-order chi connectivity index (χ1) is 10.2. The van der Waals surface area contributed by atoms with Gasteiger partial charge in [0, 0.05) is 8.95 Å². The van der Waals surface area contributed by atoms with Crippen molar-refractivity contribution in [3.8, 4) is 0 Å². The second kappa shape index (κ2) is 6.50. The molecule has 0 heterocycles. The number of rotatable bonds is 4. The van der Waals surface area contributed by atoms with Gasteiger partial charge in [0.15, 0.2) is 0 Å². The first kappa shape index (κ1) is 15.1. The second-order valence-corrected chi connectivity index (χ2v) is 7.14. The van der Waals surface area contributed by atoms with Gasteiger partial charge in [-0.3, -0.25) is 0 Å². The van der Waals surface area contributed by atoms with Crippen LogP contribution in [0.25, 0.3) is 21.5 Å². The summed E-state index contributed by atoms with van der Waals surface area (Å²) in [7, 11) is 0. The highest BCUT2D eigenvalue weighted by atomic mass is 79.9. The lowest BCUT2D eigenvalue weighted by atomic mass is 9.93. The SMILES string of the molecule is CCCCCc1c2ccccc2cc2c(Br)c(Br)ccc12. The molecule has 0 spiro atoms. The average Bonchev–Trinajstić information content (AvgIpc) is 2.51. The van der Waals surface area contributed by atoms with E-state index >= 15 is 0 Å². The Bertz CT molecular complexity index is 790. The lowest BCUT2D eigenvalue weighted by Crippen LogP contribution is -1.92. The molecule has 0 aliphatic carbocycles. The van der Waals surface area contributed by atoms with Gasteiger partial charge in [0.1, 0.15) is 0 Å². The van der Waals surface area contributed by atoms with E-state index in [2.05, 4.69) is 81.2 Å². The van der Waals surface area contributed by atoms with Gasteiger partial charge in [-0.25, -0.2) is 0 Å². The van der Waals surface area contributed by atoms with Gasteiger partial charge in [0.2, 0.25) is 0 Å². The van der Waals surface area contributed by atoms with E-state index in [-0.39, 0.29) is 0 Å². The predicted molar refractivity (Wildman–Crippen MR) is 100 cm³/mol. The molecule has 0 fully saturated rings. The number of benzene rings is 3. The topological polar surface area (TPSA) is 0 Å². The first-order valence-electron chi connectivity index (χ1n) is 7.50. The molecule has 21 heavy (non-hydrogen) atoms. The highest BCUT2D eigenvalue weighted by Crippen LogP contribution is 2.37. The van der Waals surface area contributed by atoms with Crippen LogP contribution in [0.3, 0.4) is 0 Å². The Morgan fingerprint density at radius 2 is 1.67 bits per heavy atom. The molecule has 0 N–H and O–H groups in total. The minimum atomic E-state index is 1.12. The molecule has 0 nitrogen and oxygen atoms in total. The Balaban J connectivity index is 2.29. The molecular formula is C19H18Br2. The zero-order chi connectivity index (χ0) is 14.8. The van der Waals surface area contributed by atoms with Crippen molar-refractivity contribution in [1.29, 1.82) is 0 Å². The van der Waals surface area contributed by atoms with E-state index in [1.54, 1.807) is 0 Å². The molecule has 0 atom stereocenters. The van der Waals surface area contributed by atoms with E-state index in [4.69, 9.17) is 0 Å². The summed E-state index contributed by atoms with van der Waals surface area (Å²) in [6.07, 6.45) is 4.97. The molecule has 0 aromatic heterocycles. The standard InChI is InChI=1S/C19H18Br2/c1-2-3-4-9-15-14-8-6-5-7-13(14)12-17-16(15)10-11-18(20)19(17)21/h5-8,10-12H,2-4,9H2,1H3. The van der Waals surface area contributed by atoms with Crippen LogP contribution in [-0.4, -0.2) is 0 Å². The molecule has 2 heteroatoms. The zero-order valence-electron chi connectivity index (χ0n) is 12.1. The third-order valence-electron chi connectivity index (χ3n) is 4.07. The number of fused-ring (bicyclic) bond motifs is 2. The van der Waals surface area contributed by atoms with Crippen molar-refractivity contribution in [1.82, 2.24) is 0 Å². The largest absolute Gasteiger partial charge is 0.0654 e. The monoisotopic (exact) mass is 404 g/mol. The van der Waals surface area contributed by atoms with E-state index in [0.717, 1.165) is 15.4 Å². The Labute approximate surface area is 142 Å². The van der Waals surface area contributed by atoms with Gasteiger partial charge in [-0.05, 0) is 83.9 Å². The molecule has 0 saturated heterocycles. The molecule has 3 aromatic carbocycles. The molecule has 0 amide bonds. The van der Waals surface area contributed by atoms with Gasteiger partial charge in [-0.1, -0.05) is 50.1 Å². The molecule has 3 rings (SSSR count). The Morgan fingerprint density at radius 3 is 2.48 bits per heavy atom. The summed E-state index contributed by atoms with van der Waals surface area (Å²) in [5, 5.41) is 5.40. The predicted octanol–water partition coefficient (Wildman–Crippen LogP) is 7.25. The Kier molecular flexibility index (Phi) is 4.66. The highest BCUT2D eigenvalue weighted by molar-refractivity contribution is 9.13.